The molecule has 0 amide bonds. The van der Waals surface area contributed by atoms with Gasteiger partial charge in [-0.2, -0.15) is 0 Å². The van der Waals surface area contributed by atoms with E-state index in [1.54, 1.807) is 11.3 Å². The van der Waals surface area contributed by atoms with Gasteiger partial charge in [0.2, 0.25) is 0 Å². The van der Waals surface area contributed by atoms with Gasteiger partial charge in [0.1, 0.15) is 5.01 Å². The Morgan fingerprint density at radius 1 is 1.25 bits per heavy atom. The van der Waals surface area contributed by atoms with E-state index in [-0.39, 0.29) is 0 Å². The lowest BCUT2D eigenvalue weighted by Gasteiger charge is -2.26. The van der Waals surface area contributed by atoms with E-state index in [0.717, 1.165) is 24.6 Å². The van der Waals surface area contributed by atoms with Crippen molar-refractivity contribution in [3.8, 4) is 10.4 Å². The van der Waals surface area contributed by atoms with Gasteiger partial charge in [0.15, 0.2) is 0 Å². The van der Waals surface area contributed by atoms with Crippen LogP contribution < -0.4 is 5.43 Å². The van der Waals surface area contributed by atoms with Crippen molar-refractivity contribution in [2.24, 2.45) is 0 Å². The minimum absolute atomic E-state index is 0.844. The molecule has 106 valence electrons. The van der Waals surface area contributed by atoms with Gasteiger partial charge in [-0.3, -0.25) is 0 Å². The van der Waals surface area contributed by atoms with E-state index in [0.29, 0.717) is 0 Å². The molecule has 0 bridgehead atoms. The second-order valence-electron chi connectivity index (χ2n) is 5.37. The number of rotatable bonds is 4. The number of aryl methyl sites for hydroxylation is 1. The van der Waals surface area contributed by atoms with Gasteiger partial charge < -0.3 is 0 Å². The molecule has 0 unspecified atom stereocenters. The molecule has 3 rings (SSSR count). The van der Waals surface area contributed by atoms with Crippen molar-refractivity contribution < 1.29 is 0 Å². The molecule has 1 N–H and O–H groups in total. The number of piperidine rings is 1. The molecule has 0 spiro atoms. The van der Waals surface area contributed by atoms with Crippen molar-refractivity contribution in [2.75, 3.05) is 13.1 Å². The van der Waals surface area contributed by atoms with Crippen LogP contribution in [0.15, 0.2) is 30.5 Å². The van der Waals surface area contributed by atoms with Crippen LogP contribution in [-0.2, 0) is 6.54 Å². The molecule has 1 saturated heterocycles. The molecule has 2 heterocycles. The second-order valence-corrected chi connectivity index (χ2v) is 6.49. The maximum atomic E-state index is 4.54. The average Bonchev–Trinajstić information content (AvgIpc) is 2.95. The summed E-state index contributed by atoms with van der Waals surface area (Å²) in [6, 6.07) is 8.61. The van der Waals surface area contributed by atoms with E-state index in [9.17, 15) is 0 Å². The number of nitrogens with zero attached hydrogens (tertiary/aromatic N) is 2. The SMILES string of the molecule is Cc1cccc(-c2cnc(CNN3CCCCC3)s2)c1. The topological polar surface area (TPSA) is 28.2 Å². The van der Waals surface area contributed by atoms with Crippen LogP contribution in [0.5, 0.6) is 0 Å². The first-order chi connectivity index (χ1) is 9.81. The molecule has 1 aliphatic heterocycles. The van der Waals surface area contributed by atoms with Crippen molar-refractivity contribution in [2.45, 2.75) is 32.7 Å². The fourth-order valence-electron chi connectivity index (χ4n) is 2.56. The molecular weight excluding hydrogens is 266 g/mol. The molecule has 0 saturated carbocycles. The normalized spacial score (nSPS) is 16.4. The van der Waals surface area contributed by atoms with Crippen molar-refractivity contribution in [1.82, 2.24) is 15.4 Å². The average molecular weight is 287 g/mol. The van der Waals surface area contributed by atoms with Crippen molar-refractivity contribution in [3.63, 3.8) is 0 Å². The molecule has 1 aliphatic rings. The van der Waals surface area contributed by atoms with Gasteiger partial charge in [-0.15, -0.1) is 11.3 Å². The number of nitrogens with one attached hydrogen (secondary N) is 1. The van der Waals surface area contributed by atoms with Gasteiger partial charge in [-0.05, 0) is 25.3 Å². The maximum absolute atomic E-state index is 4.54. The molecule has 1 fully saturated rings. The summed E-state index contributed by atoms with van der Waals surface area (Å²) >= 11 is 1.78. The fraction of sp³-hybridized carbons (Fsp3) is 0.438. The predicted molar refractivity (Wildman–Crippen MR) is 84.6 cm³/mol. The first-order valence-electron chi connectivity index (χ1n) is 7.31. The standard InChI is InChI=1S/C16H21N3S/c1-13-6-5-7-14(10-13)15-11-17-16(20-15)12-18-19-8-3-2-4-9-19/h5-7,10-11,18H,2-4,8-9,12H2,1H3. The highest BCUT2D eigenvalue weighted by molar-refractivity contribution is 7.15. The van der Waals surface area contributed by atoms with E-state index in [1.165, 1.54) is 35.3 Å². The van der Waals surface area contributed by atoms with Crippen LogP contribution in [0.3, 0.4) is 0 Å². The minimum Gasteiger partial charge on any atom is -0.248 e. The number of hydrazine groups is 1. The van der Waals surface area contributed by atoms with Gasteiger partial charge in [0.05, 0.1) is 11.4 Å². The first-order valence-corrected chi connectivity index (χ1v) is 8.13. The Labute approximate surface area is 124 Å². The third-order valence-electron chi connectivity index (χ3n) is 3.67. The molecule has 20 heavy (non-hydrogen) atoms. The van der Waals surface area contributed by atoms with Gasteiger partial charge in [0.25, 0.3) is 0 Å². The molecule has 1 aromatic heterocycles. The molecular formula is C16H21N3S. The molecule has 3 nitrogen and oxygen atoms in total. The van der Waals surface area contributed by atoms with Crippen molar-refractivity contribution in [3.05, 3.63) is 41.0 Å². The number of benzene rings is 1. The van der Waals surface area contributed by atoms with Gasteiger partial charge in [-0.25, -0.2) is 15.4 Å². The second kappa shape index (κ2) is 6.48. The lowest BCUT2D eigenvalue weighted by Crippen LogP contribution is -2.41. The number of aromatic nitrogens is 1. The van der Waals surface area contributed by atoms with Crippen LogP contribution in [0.4, 0.5) is 0 Å². The molecule has 2 aromatic rings. The Hall–Kier alpha value is -1.23. The summed E-state index contributed by atoms with van der Waals surface area (Å²) in [7, 11) is 0. The highest BCUT2D eigenvalue weighted by Gasteiger charge is 2.10. The maximum Gasteiger partial charge on any atom is 0.108 e. The molecule has 0 atom stereocenters. The van der Waals surface area contributed by atoms with Crippen LogP contribution in [0.1, 0.15) is 29.8 Å². The van der Waals surface area contributed by atoms with Crippen LogP contribution >= 0.6 is 11.3 Å². The van der Waals surface area contributed by atoms with E-state index < -0.39 is 0 Å². The fourth-order valence-corrected chi connectivity index (χ4v) is 3.40. The summed E-state index contributed by atoms with van der Waals surface area (Å²) < 4.78 is 0. The number of hydrogen-bond donors (Lipinski definition) is 1. The Kier molecular flexibility index (Phi) is 4.45. The molecule has 0 aliphatic carbocycles. The van der Waals surface area contributed by atoms with Crippen molar-refractivity contribution >= 4 is 11.3 Å². The third-order valence-corrected chi connectivity index (χ3v) is 4.71. The lowest BCUT2D eigenvalue weighted by molar-refractivity contribution is 0.151. The number of hydrogen-bond acceptors (Lipinski definition) is 4. The summed E-state index contributed by atoms with van der Waals surface area (Å²) in [4.78, 5) is 5.79. The van der Waals surface area contributed by atoms with Gasteiger partial charge in [0, 0.05) is 19.3 Å². The Balaban J connectivity index is 1.61. The smallest absolute Gasteiger partial charge is 0.108 e. The van der Waals surface area contributed by atoms with Crippen molar-refractivity contribution in [1.29, 1.82) is 0 Å². The summed E-state index contributed by atoms with van der Waals surface area (Å²) in [5.74, 6) is 0. The zero-order valence-electron chi connectivity index (χ0n) is 11.9. The Morgan fingerprint density at radius 2 is 2.10 bits per heavy atom. The molecule has 1 aromatic carbocycles. The van der Waals surface area contributed by atoms with Crippen LogP contribution in [0.2, 0.25) is 0 Å². The molecule has 0 radical (unpaired) electrons. The van der Waals surface area contributed by atoms with E-state index >= 15 is 0 Å². The quantitative estimate of drug-likeness (QED) is 0.931. The van der Waals surface area contributed by atoms with Crippen LogP contribution in [0, 0.1) is 6.92 Å². The zero-order valence-corrected chi connectivity index (χ0v) is 12.7. The summed E-state index contributed by atoms with van der Waals surface area (Å²) in [5.41, 5.74) is 6.06. The minimum atomic E-state index is 0.844. The largest absolute Gasteiger partial charge is 0.248 e. The predicted octanol–water partition coefficient (Wildman–Crippen LogP) is 3.61. The van der Waals surface area contributed by atoms with E-state index in [2.05, 4.69) is 46.6 Å². The third kappa shape index (κ3) is 3.45. The van der Waals surface area contributed by atoms with Crippen LogP contribution in [-0.4, -0.2) is 23.1 Å². The first kappa shape index (κ1) is 13.7. The summed E-state index contributed by atoms with van der Waals surface area (Å²) in [6.45, 7) is 5.30. The summed E-state index contributed by atoms with van der Waals surface area (Å²) in [5, 5.41) is 3.49. The van der Waals surface area contributed by atoms with E-state index in [1.807, 2.05) is 6.20 Å². The van der Waals surface area contributed by atoms with Gasteiger partial charge in [-0.1, -0.05) is 36.2 Å². The highest BCUT2D eigenvalue weighted by Crippen LogP contribution is 2.26. The molecule has 4 heteroatoms. The Morgan fingerprint density at radius 3 is 2.90 bits per heavy atom. The van der Waals surface area contributed by atoms with E-state index in [4.69, 9.17) is 0 Å². The van der Waals surface area contributed by atoms with Crippen LogP contribution in [0.25, 0.3) is 10.4 Å². The summed E-state index contributed by atoms with van der Waals surface area (Å²) in [6.07, 6.45) is 5.97. The Bertz CT molecular complexity index is 558. The van der Waals surface area contributed by atoms with Gasteiger partial charge >= 0.3 is 0 Å². The highest BCUT2D eigenvalue weighted by atomic mass is 32.1. The lowest BCUT2D eigenvalue weighted by atomic mass is 10.1. The zero-order chi connectivity index (χ0) is 13.8. The number of thiazole rings is 1. The monoisotopic (exact) mass is 287 g/mol.